The van der Waals surface area contributed by atoms with Crippen molar-refractivity contribution in [1.82, 2.24) is 4.90 Å². The number of carboxylic acids is 1. The molecule has 114 valence electrons. The highest BCUT2D eigenvalue weighted by atomic mass is 32.2. The molecule has 4 nitrogen and oxygen atoms in total. The van der Waals surface area contributed by atoms with Crippen molar-refractivity contribution in [3.63, 3.8) is 0 Å². The maximum atomic E-state index is 12.5. The number of thioether (sulfide) groups is 1. The molecule has 1 N–H and O–H groups in total. The third-order valence-electron chi connectivity index (χ3n) is 3.71. The van der Waals surface area contributed by atoms with Gasteiger partial charge in [-0.25, -0.2) is 0 Å². The fourth-order valence-corrected chi connectivity index (χ4v) is 3.65. The molecule has 1 amide bonds. The number of nitrogens with zero attached hydrogens (tertiary/aromatic N) is 1. The summed E-state index contributed by atoms with van der Waals surface area (Å²) in [6.45, 7) is 2.74. The van der Waals surface area contributed by atoms with E-state index in [4.69, 9.17) is 5.11 Å². The number of aliphatic carboxylic acids is 1. The Morgan fingerprint density at radius 3 is 2.86 bits per heavy atom. The van der Waals surface area contributed by atoms with Crippen LogP contribution in [-0.2, 0) is 22.4 Å². The molecule has 1 atom stereocenters. The second kappa shape index (κ2) is 7.50. The number of aryl methyl sites for hydroxylation is 1. The zero-order valence-electron chi connectivity index (χ0n) is 12.2. The van der Waals surface area contributed by atoms with Gasteiger partial charge in [0.15, 0.2) is 0 Å². The van der Waals surface area contributed by atoms with Crippen LogP contribution >= 0.6 is 11.8 Å². The molecular weight excluding hydrogens is 286 g/mol. The summed E-state index contributed by atoms with van der Waals surface area (Å²) in [6.07, 6.45) is 1.34. The van der Waals surface area contributed by atoms with Crippen LogP contribution in [0.2, 0.25) is 0 Å². The maximum absolute atomic E-state index is 12.5. The molecule has 1 heterocycles. The van der Waals surface area contributed by atoms with Gasteiger partial charge in [-0.3, -0.25) is 9.59 Å². The van der Waals surface area contributed by atoms with Crippen molar-refractivity contribution in [3.05, 3.63) is 35.4 Å². The molecule has 1 aliphatic heterocycles. The minimum atomic E-state index is -0.840. The second-order valence-electron chi connectivity index (χ2n) is 5.26. The van der Waals surface area contributed by atoms with E-state index in [2.05, 4.69) is 19.1 Å². The minimum absolute atomic E-state index is 0.0355. The second-order valence-corrected chi connectivity index (χ2v) is 6.41. The maximum Gasteiger partial charge on any atom is 0.305 e. The van der Waals surface area contributed by atoms with Crippen LogP contribution in [-0.4, -0.2) is 46.0 Å². The van der Waals surface area contributed by atoms with E-state index in [1.165, 1.54) is 5.56 Å². The van der Waals surface area contributed by atoms with Crippen LogP contribution in [0.15, 0.2) is 24.3 Å². The lowest BCUT2D eigenvalue weighted by atomic mass is 10.1. The van der Waals surface area contributed by atoms with Crippen LogP contribution < -0.4 is 0 Å². The number of carbonyl (C=O) groups excluding carboxylic acids is 1. The summed E-state index contributed by atoms with van der Waals surface area (Å²) in [5.74, 6) is 0.798. The molecular formula is C16H21NO3S. The van der Waals surface area contributed by atoms with Crippen molar-refractivity contribution in [1.29, 1.82) is 0 Å². The van der Waals surface area contributed by atoms with E-state index in [1.54, 1.807) is 16.7 Å². The molecule has 0 saturated carbocycles. The molecule has 5 heteroatoms. The van der Waals surface area contributed by atoms with Crippen LogP contribution in [0, 0.1) is 0 Å². The molecule has 0 spiro atoms. The highest BCUT2D eigenvalue weighted by Crippen LogP contribution is 2.20. The van der Waals surface area contributed by atoms with Gasteiger partial charge in [-0.05, 0) is 17.5 Å². The summed E-state index contributed by atoms with van der Waals surface area (Å²) in [5, 5.41) is 8.98. The Balaban J connectivity index is 2.04. The van der Waals surface area contributed by atoms with Gasteiger partial charge in [0.2, 0.25) is 5.91 Å². The first kappa shape index (κ1) is 15.9. The summed E-state index contributed by atoms with van der Waals surface area (Å²) >= 11 is 1.72. The Kier molecular flexibility index (Phi) is 5.67. The summed E-state index contributed by atoms with van der Waals surface area (Å²) in [5.41, 5.74) is 2.23. The van der Waals surface area contributed by atoms with E-state index in [9.17, 15) is 9.59 Å². The molecule has 21 heavy (non-hydrogen) atoms. The van der Waals surface area contributed by atoms with E-state index >= 15 is 0 Å². The van der Waals surface area contributed by atoms with Gasteiger partial charge in [-0.15, -0.1) is 0 Å². The number of rotatable bonds is 5. The molecule has 1 fully saturated rings. The number of amides is 1. The van der Waals surface area contributed by atoms with Crippen LogP contribution in [0.4, 0.5) is 0 Å². The van der Waals surface area contributed by atoms with E-state index < -0.39 is 5.97 Å². The predicted octanol–water partition coefficient (Wildman–Crippen LogP) is 2.21. The van der Waals surface area contributed by atoms with Crippen molar-refractivity contribution < 1.29 is 14.7 Å². The average Bonchev–Trinajstić information content (AvgIpc) is 2.47. The van der Waals surface area contributed by atoms with Gasteiger partial charge >= 0.3 is 5.97 Å². The van der Waals surface area contributed by atoms with Crippen LogP contribution in [0.5, 0.6) is 0 Å². The van der Waals surface area contributed by atoms with E-state index in [-0.39, 0.29) is 18.4 Å². The standard InChI is InChI=1S/C16H21NO3S/c1-2-12-4-3-5-13(8-12)9-15(18)17-6-7-21-11-14(17)10-16(19)20/h3-5,8,14H,2,6-7,9-11H2,1H3,(H,19,20). The van der Waals surface area contributed by atoms with Crippen LogP contribution in [0.25, 0.3) is 0 Å². The topological polar surface area (TPSA) is 57.6 Å². The third kappa shape index (κ3) is 4.49. The van der Waals surface area contributed by atoms with Crippen molar-refractivity contribution in [3.8, 4) is 0 Å². The molecule has 1 aromatic carbocycles. The van der Waals surface area contributed by atoms with E-state index in [0.29, 0.717) is 18.7 Å². The van der Waals surface area contributed by atoms with Crippen molar-refractivity contribution in [2.75, 3.05) is 18.1 Å². The third-order valence-corrected chi connectivity index (χ3v) is 4.80. The number of carboxylic acid groups (broad SMARTS) is 1. The Bertz CT molecular complexity index is 518. The lowest BCUT2D eigenvalue weighted by molar-refractivity contribution is -0.140. The number of benzene rings is 1. The Labute approximate surface area is 129 Å². The number of carbonyl (C=O) groups is 2. The number of hydrogen-bond donors (Lipinski definition) is 1. The zero-order valence-corrected chi connectivity index (χ0v) is 13.1. The summed E-state index contributed by atoms with van der Waals surface area (Å²) in [7, 11) is 0. The molecule has 2 rings (SSSR count). The van der Waals surface area contributed by atoms with Gasteiger partial charge in [0, 0.05) is 18.1 Å². The fraction of sp³-hybridized carbons (Fsp3) is 0.500. The van der Waals surface area contributed by atoms with Gasteiger partial charge in [0.05, 0.1) is 18.9 Å². The zero-order chi connectivity index (χ0) is 15.2. The lowest BCUT2D eigenvalue weighted by Crippen LogP contribution is -2.47. The average molecular weight is 307 g/mol. The largest absolute Gasteiger partial charge is 0.481 e. The van der Waals surface area contributed by atoms with E-state index in [0.717, 1.165) is 17.7 Å². The summed E-state index contributed by atoms with van der Waals surface area (Å²) in [6, 6.07) is 7.87. The van der Waals surface area contributed by atoms with Crippen LogP contribution in [0.3, 0.4) is 0 Å². The molecule has 0 bridgehead atoms. The molecule has 0 aromatic heterocycles. The first-order chi connectivity index (χ1) is 10.1. The van der Waals surface area contributed by atoms with E-state index in [1.807, 2.05) is 12.1 Å². The normalized spacial score (nSPS) is 18.5. The Morgan fingerprint density at radius 1 is 1.38 bits per heavy atom. The summed E-state index contributed by atoms with van der Waals surface area (Å²) < 4.78 is 0. The minimum Gasteiger partial charge on any atom is -0.481 e. The highest BCUT2D eigenvalue weighted by molar-refractivity contribution is 7.99. The quantitative estimate of drug-likeness (QED) is 0.906. The predicted molar refractivity (Wildman–Crippen MR) is 84.6 cm³/mol. The summed E-state index contributed by atoms with van der Waals surface area (Å²) in [4.78, 5) is 25.2. The molecule has 0 radical (unpaired) electrons. The monoisotopic (exact) mass is 307 g/mol. The Morgan fingerprint density at radius 2 is 2.14 bits per heavy atom. The van der Waals surface area contributed by atoms with Gasteiger partial charge < -0.3 is 10.0 Å². The van der Waals surface area contributed by atoms with Crippen molar-refractivity contribution in [2.45, 2.75) is 32.2 Å². The van der Waals surface area contributed by atoms with Gasteiger partial charge in [-0.1, -0.05) is 31.2 Å². The molecule has 1 saturated heterocycles. The van der Waals surface area contributed by atoms with Crippen LogP contribution in [0.1, 0.15) is 24.5 Å². The number of hydrogen-bond acceptors (Lipinski definition) is 3. The molecule has 0 aliphatic carbocycles. The highest BCUT2D eigenvalue weighted by Gasteiger charge is 2.28. The van der Waals surface area contributed by atoms with Crippen molar-refractivity contribution in [2.24, 2.45) is 0 Å². The van der Waals surface area contributed by atoms with Gasteiger partial charge in [0.1, 0.15) is 0 Å². The first-order valence-corrected chi connectivity index (χ1v) is 8.42. The molecule has 1 unspecified atom stereocenters. The fourth-order valence-electron chi connectivity index (χ4n) is 2.59. The smallest absolute Gasteiger partial charge is 0.305 e. The lowest BCUT2D eigenvalue weighted by Gasteiger charge is -2.34. The SMILES string of the molecule is CCc1cccc(CC(=O)N2CCSCC2CC(=O)O)c1. The van der Waals surface area contributed by atoms with Gasteiger partial charge in [-0.2, -0.15) is 11.8 Å². The molecule has 1 aliphatic rings. The Hall–Kier alpha value is -1.49. The van der Waals surface area contributed by atoms with Crippen molar-refractivity contribution >= 4 is 23.6 Å². The first-order valence-electron chi connectivity index (χ1n) is 7.27. The van der Waals surface area contributed by atoms with Gasteiger partial charge in [0.25, 0.3) is 0 Å². The molecule has 1 aromatic rings.